The van der Waals surface area contributed by atoms with Crippen LogP contribution in [0.1, 0.15) is 49.9 Å². The van der Waals surface area contributed by atoms with Crippen molar-refractivity contribution in [2.75, 3.05) is 18.0 Å². The van der Waals surface area contributed by atoms with Gasteiger partial charge in [0.05, 0.1) is 11.3 Å². The largest absolute Gasteiger partial charge is 0.389 e. The zero-order valence-electron chi connectivity index (χ0n) is 11.8. The summed E-state index contributed by atoms with van der Waals surface area (Å²) in [5.74, 6) is 0.890. The van der Waals surface area contributed by atoms with Gasteiger partial charge in [-0.3, -0.25) is 0 Å². The third-order valence-corrected chi connectivity index (χ3v) is 3.93. The standard InChI is InChI=1S/C14H22N4S/c1-3-10-11(4-2)16-17-14(12(10)13(15)19)18-8-6-5-7-9-18/h3-9H2,1-2H3,(H2,15,19). The van der Waals surface area contributed by atoms with E-state index < -0.39 is 0 Å². The number of aromatic nitrogens is 2. The third-order valence-electron chi connectivity index (χ3n) is 3.73. The molecule has 5 heteroatoms. The molecule has 104 valence electrons. The van der Waals surface area contributed by atoms with E-state index in [0.717, 1.165) is 43.0 Å². The van der Waals surface area contributed by atoms with Gasteiger partial charge in [0, 0.05) is 13.1 Å². The van der Waals surface area contributed by atoms with Crippen LogP contribution in [-0.2, 0) is 12.8 Å². The first-order chi connectivity index (χ1) is 9.19. The van der Waals surface area contributed by atoms with Crippen LogP contribution in [0.3, 0.4) is 0 Å². The fourth-order valence-corrected chi connectivity index (χ4v) is 2.96. The van der Waals surface area contributed by atoms with E-state index in [4.69, 9.17) is 18.0 Å². The van der Waals surface area contributed by atoms with Crippen LogP contribution >= 0.6 is 12.2 Å². The molecule has 0 atom stereocenters. The number of anilines is 1. The second kappa shape index (κ2) is 6.28. The van der Waals surface area contributed by atoms with Gasteiger partial charge in [0.25, 0.3) is 0 Å². The monoisotopic (exact) mass is 278 g/mol. The fourth-order valence-electron chi connectivity index (χ4n) is 2.75. The average Bonchev–Trinajstić information content (AvgIpc) is 2.46. The van der Waals surface area contributed by atoms with E-state index >= 15 is 0 Å². The Kier molecular flexibility index (Phi) is 4.69. The van der Waals surface area contributed by atoms with Crippen molar-refractivity contribution in [3.8, 4) is 0 Å². The van der Waals surface area contributed by atoms with Crippen LogP contribution in [0.5, 0.6) is 0 Å². The molecule has 19 heavy (non-hydrogen) atoms. The number of hydrogen-bond donors (Lipinski definition) is 1. The normalized spacial score (nSPS) is 15.6. The Labute approximate surface area is 120 Å². The van der Waals surface area contributed by atoms with Crippen molar-refractivity contribution in [2.45, 2.75) is 46.0 Å². The van der Waals surface area contributed by atoms with Gasteiger partial charge in [-0.05, 0) is 37.7 Å². The topological polar surface area (TPSA) is 55.0 Å². The maximum Gasteiger partial charge on any atom is 0.161 e. The Morgan fingerprint density at radius 3 is 2.37 bits per heavy atom. The SMILES string of the molecule is CCc1nnc(N2CCCCC2)c(C(N)=S)c1CC. The molecule has 0 amide bonds. The number of hydrogen-bond acceptors (Lipinski definition) is 4. The summed E-state index contributed by atoms with van der Waals surface area (Å²) in [5, 5.41) is 8.79. The summed E-state index contributed by atoms with van der Waals surface area (Å²) in [4.78, 5) is 2.73. The van der Waals surface area contributed by atoms with Crippen molar-refractivity contribution in [1.29, 1.82) is 0 Å². The zero-order valence-corrected chi connectivity index (χ0v) is 12.6. The summed E-state index contributed by atoms with van der Waals surface area (Å²) in [5.41, 5.74) is 9.10. The predicted octanol–water partition coefficient (Wildman–Crippen LogP) is 2.23. The molecular weight excluding hydrogens is 256 g/mol. The van der Waals surface area contributed by atoms with E-state index in [9.17, 15) is 0 Å². The van der Waals surface area contributed by atoms with Crippen molar-refractivity contribution < 1.29 is 0 Å². The van der Waals surface area contributed by atoms with E-state index in [1.54, 1.807) is 0 Å². The molecule has 2 N–H and O–H groups in total. The maximum absolute atomic E-state index is 5.96. The minimum absolute atomic E-state index is 0.446. The Bertz CT molecular complexity index is 467. The number of rotatable bonds is 4. The van der Waals surface area contributed by atoms with E-state index in [2.05, 4.69) is 28.9 Å². The quantitative estimate of drug-likeness (QED) is 0.856. The molecule has 0 spiro atoms. The van der Waals surface area contributed by atoms with E-state index in [-0.39, 0.29) is 0 Å². The van der Waals surface area contributed by atoms with Crippen LogP contribution in [0.15, 0.2) is 0 Å². The van der Waals surface area contributed by atoms with Crippen LogP contribution in [-0.4, -0.2) is 28.3 Å². The van der Waals surface area contributed by atoms with Gasteiger partial charge in [0.2, 0.25) is 0 Å². The summed E-state index contributed by atoms with van der Waals surface area (Å²) in [7, 11) is 0. The summed E-state index contributed by atoms with van der Waals surface area (Å²) in [6, 6.07) is 0. The lowest BCUT2D eigenvalue weighted by molar-refractivity contribution is 0.570. The molecule has 1 aliphatic rings. The Hall–Kier alpha value is -1.23. The van der Waals surface area contributed by atoms with Crippen molar-refractivity contribution in [1.82, 2.24) is 10.2 Å². The first-order valence-electron chi connectivity index (χ1n) is 7.12. The summed E-state index contributed by atoms with van der Waals surface area (Å²) in [6.45, 7) is 6.27. The predicted molar refractivity (Wildman–Crippen MR) is 82.7 cm³/mol. The van der Waals surface area contributed by atoms with Crippen LogP contribution in [0.25, 0.3) is 0 Å². The lowest BCUT2D eigenvalue weighted by Crippen LogP contribution is -2.33. The van der Waals surface area contributed by atoms with Gasteiger partial charge in [-0.1, -0.05) is 26.1 Å². The third kappa shape index (κ3) is 2.86. The van der Waals surface area contributed by atoms with Crippen molar-refractivity contribution >= 4 is 23.0 Å². The molecular formula is C14H22N4S. The van der Waals surface area contributed by atoms with Gasteiger partial charge in [-0.25, -0.2) is 0 Å². The molecule has 4 nitrogen and oxygen atoms in total. The van der Waals surface area contributed by atoms with E-state index in [1.165, 1.54) is 24.8 Å². The Morgan fingerprint density at radius 2 is 1.84 bits per heavy atom. The number of nitrogens with two attached hydrogens (primary N) is 1. The lowest BCUT2D eigenvalue weighted by Gasteiger charge is -2.29. The number of nitrogens with zero attached hydrogens (tertiary/aromatic N) is 3. The molecule has 1 saturated heterocycles. The molecule has 0 unspecified atom stereocenters. The van der Waals surface area contributed by atoms with Crippen LogP contribution in [0, 0.1) is 0 Å². The van der Waals surface area contributed by atoms with Gasteiger partial charge < -0.3 is 10.6 Å². The molecule has 0 bridgehead atoms. The van der Waals surface area contributed by atoms with E-state index in [1.807, 2.05) is 0 Å². The van der Waals surface area contributed by atoms with Crippen LogP contribution in [0.4, 0.5) is 5.82 Å². The molecule has 1 aromatic heterocycles. The van der Waals surface area contributed by atoms with Gasteiger partial charge in [-0.2, -0.15) is 5.10 Å². The number of thiocarbonyl (C=S) groups is 1. The van der Waals surface area contributed by atoms with Gasteiger partial charge in [0.15, 0.2) is 5.82 Å². The maximum atomic E-state index is 5.96. The minimum Gasteiger partial charge on any atom is -0.389 e. The highest BCUT2D eigenvalue weighted by Crippen LogP contribution is 2.26. The molecule has 2 heterocycles. The average molecular weight is 278 g/mol. The second-order valence-corrected chi connectivity index (χ2v) is 5.38. The van der Waals surface area contributed by atoms with Crippen LogP contribution < -0.4 is 10.6 Å². The molecule has 0 aliphatic carbocycles. The van der Waals surface area contributed by atoms with Gasteiger partial charge in [0.1, 0.15) is 4.99 Å². The van der Waals surface area contributed by atoms with Crippen molar-refractivity contribution in [3.63, 3.8) is 0 Å². The first kappa shape index (κ1) is 14.2. The molecule has 2 rings (SSSR count). The highest BCUT2D eigenvalue weighted by Gasteiger charge is 2.22. The molecule has 0 aromatic carbocycles. The highest BCUT2D eigenvalue weighted by atomic mass is 32.1. The molecule has 0 radical (unpaired) electrons. The second-order valence-electron chi connectivity index (χ2n) is 4.94. The lowest BCUT2D eigenvalue weighted by atomic mass is 10.0. The van der Waals surface area contributed by atoms with E-state index in [0.29, 0.717) is 4.99 Å². The number of aryl methyl sites for hydroxylation is 1. The van der Waals surface area contributed by atoms with Crippen molar-refractivity contribution in [3.05, 3.63) is 16.8 Å². The van der Waals surface area contributed by atoms with Gasteiger partial charge in [-0.15, -0.1) is 5.10 Å². The first-order valence-corrected chi connectivity index (χ1v) is 7.53. The molecule has 1 aliphatic heterocycles. The summed E-state index contributed by atoms with van der Waals surface area (Å²) in [6.07, 6.45) is 5.46. The fraction of sp³-hybridized carbons (Fsp3) is 0.643. The molecule has 1 aromatic rings. The van der Waals surface area contributed by atoms with Crippen molar-refractivity contribution in [2.24, 2.45) is 5.73 Å². The summed E-state index contributed by atoms with van der Waals surface area (Å²) < 4.78 is 0. The number of piperidine rings is 1. The smallest absolute Gasteiger partial charge is 0.161 e. The van der Waals surface area contributed by atoms with Crippen LogP contribution in [0.2, 0.25) is 0 Å². The minimum atomic E-state index is 0.446. The summed E-state index contributed by atoms with van der Waals surface area (Å²) >= 11 is 5.26. The Morgan fingerprint density at radius 1 is 1.16 bits per heavy atom. The highest BCUT2D eigenvalue weighted by molar-refractivity contribution is 7.80. The molecule has 0 saturated carbocycles. The van der Waals surface area contributed by atoms with Gasteiger partial charge >= 0.3 is 0 Å². The zero-order chi connectivity index (χ0) is 13.8. The Balaban J connectivity index is 2.50. The molecule has 1 fully saturated rings.